The minimum Gasteiger partial charge on any atom is -0.329 e. The average molecular weight is 392 g/mol. The van der Waals surface area contributed by atoms with Crippen molar-refractivity contribution in [2.45, 2.75) is 38.4 Å². The summed E-state index contributed by atoms with van der Waals surface area (Å²) in [6.07, 6.45) is -1.21. The van der Waals surface area contributed by atoms with Gasteiger partial charge in [0.25, 0.3) is 5.91 Å². The van der Waals surface area contributed by atoms with Crippen molar-refractivity contribution in [1.82, 2.24) is 14.9 Å². The molecule has 1 atom stereocenters. The number of rotatable bonds is 4. The van der Waals surface area contributed by atoms with E-state index in [-0.39, 0.29) is 17.6 Å². The molecule has 1 N–H and O–H groups in total. The van der Waals surface area contributed by atoms with Gasteiger partial charge in [0.1, 0.15) is 5.69 Å². The molecule has 2 heterocycles. The van der Waals surface area contributed by atoms with Gasteiger partial charge in [-0.2, -0.15) is 13.2 Å². The summed E-state index contributed by atoms with van der Waals surface area (Å²) in [7, 11) is 0. The molecule has 1 unspecified atom stereocenters. The summed E-state index contributed by atoms with van der Waals surface area (Å²) in [6.45, 7) is 1.97. The van der Waals surface area contributed by atoms with Crippen LogP contribution in [0, 0.1) is 0 Å². The van der Waals surface area contributed by atoms with Crippen LogP contribution in [-0.2, 0) is 11.0 Å². The molecule has 1 aromatic heterocycles. The maximum atomic E-state index is 12.9. The number of halogens is 3. The Morgan fingerprint density at radius 3 is 2.71 bits per heavy atom. The Morgan fingerprint density at radius 1 is 1.21 bits per heavy atom. The summed E-state index contributed by atoms with van der Waals surface area (Å²) in [6, 6.07) is 6.66. The van der Waals surface area contributed by atoms with Crippen LogP contribution in [0.1, 0.15) is 42.2 Å². The van der Waals surface area contributed by atoms with Gasteiger partial charge in [-0.05, 0) is 50.5 Å². The number of likely N-dealkylation sites (tertiary alicyclic amines) is 1. The van der Waals surface area contributed by atoms with E-state index >= 15 is 0 Å². The van der Waals surface area contributed by atoms with E-state index in [0.717, 1.165) is 25.1 Å². The third-order valence-electron chi connectivity index (χ3n) is 4.54. The lowest BCUT2D eigenvalue weighted by molar-refractivity contribution is -0.141. The van der Waals surface area contributed by atoms with Gasteiger partial charge in [0.05, 0.1) is 6.04 Å². The van der Waals surface area contributed by atoms with E-state index in [4.69, 9.17) is 0 Å². The molecule has 0 spiro atoms. The highest BCUT2D eigenvalue weighted by Crippen LogP contribution is 2.28. The molecule has 28 heavy (non-hydrogen) atoms. The molecule has 1 aromatic carbocycles. The van der Waals surface area contributed by atoms with Crippen molar-refractivity contribution in [3.8, 4) is 0 Å². The standard InChI is InChI=1S/C19H19F3N4O2/c1-12(27)15-7-2-3-10-26(15)17(28)13-5-4-6-14(11-13)24-18-23-9-8-16(25-18)19(20,21)22/h4-6,8-9,11,15H,2-3,7,10H2,1H3,(H,23,24,25). The number of hydrogen-bond acceptors (Lipinski definition) is 5. The van der Waals surface area contributed by atoms with Crippen LogP contribution in [0.2, 0.25) is 0 Å². The summed E-state index contributed by atoms with van der Waals surface area (Å²) >= 11 is 0. The molecule has 1 fully saturated rings. The molecule has 1 aliphatic heterocycles. The number of carbonyl (C=O) groups is 2. The van der Waals surface area contributed by atoms with Gasteiger partial charge in [-0.15, -0.1) is 0 Å². The fourth-order valence-corrected chi connectivity index (χ4v) is 3.20. The maximum absolute atomic E-state index is 12.9. The molecule has 6 nitrogen and oxygen atoms in total. The quantitative estimate of drug-likeness (QED) is 0.856. The van der Waals surface area contributed by atoms with Crippen LogP contribution in [0.4, 0.5) is 24.8 Å². The molecule has 1 amide bonds. The minimum absolute atomic E-state index is 0.0558. The molecule has 2 aromatic rings. The highest BCUT2D eigenvalue weighted by atomic mass is 19.4. The van der Waals surface area contributed by atoms with E-state index in [1.807, 2.05) is 0 Å². The zero-order valence-corrected chi connectivity index (χ0v) is 15.2. The first kappa shape index (κ1) is 19.8. The number of amides is 1. The first-order chi connectivity index (χ1) is 13.3. The Bertz CT molecular complexity index is 885. The molecule has 148 valence electrons. The summed E-state index contributed by atoms with van der Waals surface area (Å²) < 4.78 is 38.4. The first-order valence-corrected chi connectivity index (χ1v) is 8.84. The number of ketones is 1. The fraction of sp³-hybridized carbons (Fsp3) is 0.368. The molecule has 1 aliphatic rings. The molecule has 0 bridgehead atoms. The molecular formula is C19H19F3N4O2. The third-order valence-corrected chi connectivity index (χ3v) is 4.54. The number of anilines is 2. The van der Waals surface area contributed by atoms with Crippen molar-refractivity contribution in [3.05, 3.63) is 47.8 Å². The predicted octanol–water partition coefficient (Wildman–Crippen LogP) is 3.82. The number of alkyl halides is 3. The van der Waals surface area contributed by atoms with Crippen LogP contribution in [0.3, 0.4) is 0 Å². The second-order valence-electron chi connectivity index (χ2n) is 6.59. The summed E-state index contributed by atoms with van der Waals surface area (Å²) in [5, 5.41) is 2.69. The smallest absolute Gasteiger partial charge is 0.329 e. The van der Waals surface area contributed by atoms with E-state index in [2.05, 4.69) is 15.3 Å². The Hall–Kier alpha value is -2.97. The molecule has 0 saturated carbocycles. The van der Waals surface area contributed by atoms with Crippen molar-refractivity contribution in [3.63, 3.8) is 0 Å². The fourth-order valence-electron chi connectivity index (χ4n) is 3.20. The molecule has 0 radical (unpaired) electrons. The summed E-state index contributed by atoms with van der Waals surface area (Å²) in [4.78, 5) is 33.5. The van der Waals surface area contributed by atoms with Crippen molar-refractivity contribution < 1.29 is 22.8 Å². The molecule has 9 heteroatoms. The summed E-state index contributed by atoms with van der Waals surface area (Å²) in [5.74, 6) is -0.563. The van der Waals surface area contributed by atoms with Crippen LogP contribution < -0.4 is 5.32 Å². The lowest BCUT2D eigenvalue weighted by Crippen LogP contribution is -2.47. The van der Waals surface area contributed by atoms with Gasteiger partial charge < -0.3 is 10.2 Å². The van der Waals surface area contributed by atoms with Crippen LogP contribution in [0.15, 0.2) is 36.5 Å². The lowest BCUT2D eigenvalue weighted by Gasteiger charge is -2.34. The number of carbonyl (C=O) groups excluding carboxylic acids is 2. The third kappa shape index (κ3) is 4.47. The van der Waals surface area contributed by atoms with E-state index in [0.29, 0.717) is 24.2 Å². The monoisotopic (exact) mass is 392 g/mol. The lowest BCUT2D eigenvalue weighted by atomic mass is 9.98. The van der Waals surface area contributed by atoms with Gasteiger partial charge in [0.2, 0.25) is 5.95 Å². The number of aromatic nitrogens is 2. The van der Waals surface area contributed by atoms with Crippen LogP contribution in [-0.4, -0.2) is 39.1 Å². The number of nitrogens with zero attached hydrogens (tertiary/aromatic N) is 3. The zero-order valence-electron chi connectivity index (χ0n) is 15.2. The second kappa shape index (κ2) is 7.95. The van der Waals surface area contributed by atoms with Gasteiger partial charge in [-0.25, -0.2) is 9.97 Å². The molecule has 1 saturated heterocycles. The Balaban J connectivity index is 1.81. The highest BCUT2D eigenvalue weighted by molar-refractivity contribution is 5.98. The predicted molar refractivity (Wildman–Crippen MR) is 96.1 cm³/mol. The van der Waals surface area contributed by atoms with E-state index in [1.54, 1.807) is 23.1 Å². The first-order valence-electron chi connectivity index (χ1n) is 8.84. The Morgan fingerprint density at radius 2 is 2.00 bits per heavy atom. The van der Waals surface area contributed by atoms with Gasteiger partial charge in [0.15, 0.2) is 5.78 Å². The van der Waals surface area contributed by atoms with Crippen LogP contribution in [0.5, 0.6) is 0 Å². The van der Waals surface area contributed by atoms with E-state index in [1.165, 1.54) is 13.0 Å². The van der Waals surface area contributed by atoms with E-state index < -0.39 is 17.9 Å². The normalized spacial score (nSPS) is 17.3. The van der Waals surface area contributed by atoms with Crippen molar-refractivity contribution in [2.24, 2.45) is 0 Å². The average Bonchev–Trinajstić information content (AvgIpc) is 2.67. The largest absolute Gasteiger partial charge is 0.433 e. The summed E-state index contributed by atoms with van der Waals surface area (Å²) in [5.41, 5.74) is -0.346. The van der Waals surface area contributed by atoms with Crippen molar-refractivity contribution in [1.29, 1.82) is 0 Å². The van der Waals surface area contributed by atoms with Gasteiger partial charge in [-0.3, -0.25) is 9.59 Å². The zero-order chi connectivity index (χ0) is 20.3. The highest BCUT2D eigenvalue weighted by Gasteiger charge is 2.33. The minimum atomic E-state index is -4.58. The molecule has 0 aliphatic carbocycles. The number of nitrogens with one attached hydrogen (secondary N) is 1. The number of benzene rings is 1. The topological polar surface area (TPSA) is 75.2 Å². The molecular weight excluding hydrogens is 373 g/mol. The van der Waals surface area contributed by atoms with Gasteiger partial charge in [0, 0.05) is 24.0 Å². The second-order valence-corrected chi connectivity index (χ2v) is 6.59. The maximum Gasteiger partial charge on any atom is 0.433 e. The van der Waals surface area contributed by atoms with E-state index in [9.17, 15) is 22.8 Å². The SMILES string of the molecule is CC(=O)C1CCCCN1C(=O)c1cccc(Nc2nccc(C(F)(F)F)n2)c1. The number of hydrogen-bond donors (Lipinski definition) is 1. The van der Waals surface area contributed by atoms with Crippen molar-refractivity contribution in [2.75, 3.05) is 11.9 Å². The van der Waals surface area contributed by atoms with Crippen LogP contribution in [0.25, 0.3) is 0 Å². The molecule has 3 rings (SSSR count). The van der Waals surface area contributed by atoms with Gasteiger partial charge >= 0.3 is 6.18 Å². The Labute approximate surface area is 159 Å². The number of piperidine rings is 1. The van der Waals surface area contributed by atoms with Crippen LogP contribution >= 0.6 is 0 Å². The van der Waals surface area contributed by atoms with Gasteiger partial charge in [-0.1, -0.05) is 6.07 Å². The van der Waals surface area contributed by atoms with Crippen molar-refractivity contribution >= 4 is 23.3 Å². The number of Topliss-reactive ketones (excluding diaryl/α,β-unsaturated/α-hetero) is 1. The Kier molecular flexibility index (Phi) is 5.62.